The molecule has 0 aromatic heterocycles. The Kier molecular flexibility index (Phi) is 4.81. The van der Waals surface area contributed by atoms with Gasteiger partial charge in [-0.25, -0.2) is 0 Å². The average Bonchev–Trinajstić information content (AvgIpc) is 3.02. The molecule has 0 saturated carbocycles. The van der Waals surface area contributed by atoms with Crippen molar-refractivity contribution in [3.63, 3.8) is 0 Å². The number of aliphatic carboxylic acids is 1. The molecule has 1 heterocycles. The van der Waals surface area contributed by atoms with Crippen molar-refractivity contribution in [2.75, 3.05) is 19.6 Å². The molecular weight excluding hydrogens is 256 g/mol. The van der Waals surface area contributed by atoms with E-state index in [0.717, 1.165) is 25.0 Å². The summed E-state index contributed by atoms with van der Waals surface area (Å²) in [7, 11) is 0. The number of carboxylic acid groups (broad SMARTS) is 1. The van der Waals surface area contributed by atoms with Gasteiger partial charge in [-0.2, -0.15) is 0 Å². The number of likely N-dealkylation sites (tertiary alicyclic amines) is 1. The first-order valence-corrected chi connectivity index (χ1v) is 7.50. The molecule has 112 valence electrons. The van der Waals surface area contributed by atoms with Gasteiger partial charge in [-0.3, -0.25) is 14.5 Å². The van der Waals surface area contributed by atoms with E-state index in [1.54, 1.807) is 0 Å². The van der Waals surface area contributed by atoms with Crippen molar-refractivity contribution >= 4 is 11.9 Å². The smallest absolute Gasteiger partial charge is 0.308 e. The minimum atomic E-state index is -0.752. The molecule has 2 rings (SSSR count). The van der Waals surface area contributed by atoms with Crippen LogP contribution in [0.15, 0.2) is 11.8 Å². The Morgan fingerprint density at radius 1 is 1.50 bits per heavy atom. The number of carboxylic acids is 1. The van der Waals surface area contributed by atoms with Crippen molar-refractivity contribution in [2.45, 2.75) is 45.6 Å². The van der Waals surface area contributed by atoms with Gasteiger partial charge < -0.3 is 10.0 Å². The SMILES string of the molecule is CCN(C(=O)CN1CCC(C(=O)O)C1C)C1=CCCC1. The molecule has 1 aliphatic carbocycles. The van der Waals surface area contributed by atoms with E-state index in [0.29, 0.717) is 26.1 Å². The number of amides is 1. The highest BCUT2D eigenvalue weighted by atomic mass is 16.4. The highest BCUT2D eigenvalue weighted by Crippen LogP contribution is 2.25. The van der Waals surface area contributed by atoms with Crippen LogP contribution in [0.4, 0.5) is 0 Å². The van der Waals surface area contributed by atoms with E-state index in [2.05, 4.69) is 6.08 Å². The van der Waals surface area contributed by atoms with Crippen LogP contribution in [-0.4, -0.2) is 52.5 Å². The van der Waals surface area contributed by atoms with Gasteiger partial charge in [-0.05, 0) is 46.1 Å². The molecule has 1 saturated heterocycles. The fourth-order valence-electron chi connectivity index (χ4n) is 3.25. The average molecular weight is 280 g/mol. The van der Waals surface area contributed by atoms with Crippen LogP contribution in [0, 0.1) is 5.92 Å². The van der Waals surface area contributed by atoms with Gasteiger partial charge in [-0.1, -0.05) is 6.08 Å². The molecule has 0 spiro atoms. The molecule has 20 heavy (non-hydrogen) atoms. The second-order valence-electron chi connectivity index (χ2n) is 5.67. The van der Waals surface area contributed by atoms with Crippen LogP contribution >= 0.6 is 0 Å². The zero-order valence-electron chi connectivity index (χ0n) is 12.3. The molecule has 2 unspecified atom stereocenters. The lowest BCUT2D eigenvalue weighted by molar-refractivity contribution is -0.143. The fourth-order valence-corrected chi connectivity index (χ4v) is 3.25. The Balaban J connectivity index is 1.95. The summed E-state index contributed by atoms with van der Waals surface area (Å²) in [5.74, 6) is -1.000. The third kappa shape index (κ3) is 3.03. The van der Waals surface area contributed by atoms with E-state index in [1.807, 2.05) is 23.6 Å². The van der Waals surface area contributed by atoms with Gasteiger partial charge >= 0.3 is 5.97 Å². The summed E-state index contributed by atoms with van der Waals surface area (Å²) in [6.07, 6.45) is 5.95. The van der Waals surface area contributed by atoms with Crippen LogP contribution in [0.5, 0.6) is 0 Å². The maximum absolute atomic E-state index is 12.4. The van der Waals surface area contributed by atoms with Gasteiger partial charge in [0.05, 0.1) is 12.5 Å². The molecule has 5 nitrogen and oxygen atoms in total. The van der Waals surface area contributed by atoms with Crippen molar-refractivity contribution in [1.29, 1.82) is 0 Å². The van der Waals surface area contributed by atoms with Crippen molar-refractivity contribution in [3.8, 4) is 0 Å². The van der Waals surface area contributed by atoms with Crippen molar-refractivity contribution < 1.29 is 14.7 Å². The minimum Gasteiger partial charge on any atom is -0.481 e. The molecule has 0 radical (unpaired) electrons. The highest BCUT2D eigenvalue weighted by molar-refractivity contribution is 5.80. The third-order valence-electron chi connectivity index (χ3n) is 4.52. The van der Waals surface area contributed by atoms with E-state index in [-0.39, 0.29) is 17.9 Å². The second kappa shape index (κ2) is 6.39. The summed E-state index contributed by atoms with van der Waals surface area (Å²) >= 11 is 0. The summed E-state index contributed by atoms with van der Waals surface area (Å²) < 4.78 is 0. The number of hydrogen-bond acceptors (Lipinski definition) is 3. The molecule has 2 aliphatic rings. The van der Waals surface area contributed by atoms with Crippen molar-refractivity contribution in [3.05, 3.63) is 11.8 Å². The van der Waals surface area contributed by atoms with E-state index in [1.165, 1.54) is 0 Å². The van der Waals surface area contributed by atoms with Gasteiger partial charge in [0.15, 0.2) is 0 Å². The van der Waals surface area contributed by atoms with E-state index in [9.17, 15) is 9.59 Å². The fraction of sp³-hybridized carbons (Fsp3) is 0.733. The first kappa shape index (κ1) is 15.0. The summed E-state index contributed by atoms with van der Waals surface area (Å²) in [6, 6.07) is -0.0623. The predicted octanol–water partition coefficient (Wildman–Crippen LogP) is 1.70. The maximum atomic E-state index is 12.4. The molecule has 1 fully saturated rings. The van der Waals surface area contributed by atoms with Gasteiger partial charge in [0.1, 0.15) is 0 Å². The zero-order chi connectivity index (χ0) is 14.7. The molecule has 5 heteroatoms. The normalized spacial score (nSPS) is 26.6. The maximum Gasteiger partial charge on any atom is 0.308 e. The monoisotopic (exact) mass is 280 g/mol. The van der Waals surface area contributed by atoms with Crippen LogP contribution in [0.2, 0.25) is 0 Å². The number of carbonyl (C=O) groups is 2. The molecule has 1 N–H and O–H groups in total. The van der Waals surface area contributed by atoms with E-state index in [4.69, 9.17) is 5.11 Å². The molecule has 0 bridgehead atoms. The lowest BCUT2D eigenvalue weighted by Gasteiger charge is -2.27. The summed E-state index contributed by atoms with van der Waals surface area (Å²) in [5, 5.41) is 9.13. The number of hydrogen-bond donors (Lipinski definition) is 1. The van der Waals surface area contributed by atoms with E-state index >= 15 is 0 Å². The van der Waals surface area contributed by atoms with E-state index < -0.39 is 5.97 Å². The van der Waals surface area contributed by atoms with Gasteiger partial charge in [0.25, 0.3) is 0 Å². The molecule has 1 aliphatic heterocycles. The third-order valence-corrected chi connectivity index (χ3v) is 4.52. The largest absolute Gasteiger partial charge is 0.481 e. The molecule has 2 atom stereocenters. The highest BCUT2D eigenvalue weighted by Gasteiger charge is 2.37. The lowest BCUT2D eigenvalue weighted by atomic mass is 10.0. The minimum absolute atomic E-state index is 0.0623. The summed E-state index contributed by atoms with van der Waals surface area (Å²) in [5.41, 5.74) is 1.14. The Morgan fingerprint density at radius 2 is 2.25 bits per heavy atom. The number of nitrogens with zero attached hydrogens (tertiary/aromatic N) is 2. The summed E-state index contributed by atoms with van der Waals surface area (Å²) in [4.78, 5) is 27.4. The van der Waals surface area contributed by atoms with Crippen molar-refractivity contribution in [1.82, 2.24) is 9.80 Å². The van der Waals surface area contributed by atoms with Gasteiger partial charge in [0, 0.05) is 18.3 Å². The quantitative estimate of drug-likeness (QED) is 0.832. The molecular formula is C15H24N2O3. The van der Waals surface area contributed by atoms with Crippen LogP contribution < -0.4 is 0 Å². The summed E-state index contributed by atoms with van der Waals surface area (Å²) in [6.45, 7) is 5.61. The van der Waals surface area contributed by atoms with Gasteiger partial charge in [0.2, 0.25) is 5.91 Å². The van der Waals surface area contributed by atoms with Crippen LogP contribution in [0.1, 0.15) is 39.5 Å². The topological polar surface area (TPSA) is 60.9 Å². The van der Waals surface area contributed by atoms with Crippen LogP contribution in [0.3, 0.4) is 0 Å². The number of rotatable bonds is 5. The van der Waals surface area contributed by atoms with Crippen LogP contribution in [0.25, 0.3) is 0 Å². The first-order valence-electron chi connectivity index (χ1n) is 7.50. The number of carbonyl (C=O) groups excluding carboxylic acids is 1. The Bertz CT molecular complexity index is 419. The van der Waals surface area contributed by atoms with Crippen molar-refractivity contribution in [2.24, 2.45) is 5.92 Å². The Morgan fingerprint density at radius 3 is 2.75 bits per heavy atom. The number of likely N-dealkylation sites (N-methyl/N-ethyl adjacent to an activating group) is 1. The van der Waals surface area contributed by atoms with Gasteiger partial charge in [-0.15, -0.1) is 0 Å². The van der Waals surface area contributed by atoms with Crippen LogP contribution in [-0.2, 0) is 9.59 Å². The zero-order valence-corrected chi connectivity index (χ0v) is 12.3. The lowest BCUT2D eigenvalue weighted by Crippen LogP contribution is -2.42. The number of allylic oxidation sites excluding steroid dienone is 2. The predicted molar refractivity (Wildman–Crippen MR) is 76.1 cm³/mol. The molecule has 0 aromatic carbocycles. The first-order chi connectivity index (χ1) is 9.54. The Hall–Kier alpha value is -1.36. The molecule has 1 amide bonds. The standard InChI is InChI=1S/C15H24N2O3/c1-3-17(12-6-4-5-7-12)14(18)10-16-9-8-13(11(16)2)15(19)20/h6,11,13H,3-5,7-10H2,1-2H3,(H,19,20). The second-order valence-corrected chi connectivity index (χ2v) is 5.67. The molecule has 0 aromatic rings. The Labute approximate surface area is 120 Å².